The van der Waals surface area contributed by atoms with E-state index in [0.717, 1.165) is 19.1 Å². The van der Waals surface area contributed by atoms with Crippen molar-refractivity contribution in [1.29, 1.82) is 0 Å². The number of benzene rings is 1. The van der Waals surface area contributed by atoms with Crippen molar-refractivity contribution < 1.29 is 27.1 Å². The summed E-state index contributed by atoms with van der Waals surface area (Å²) in [6.07, 6.45) is -6.67. The smallest absolute Gasteiger partial charge is 0.397 e. The van der Waals surface area contributed by atoms with Gasteiger partial charge in [-0.3, -0.25) is 4.79 Å². The molecule has 1 unspecified atom stereocenters. The molecular formula is C12H14F4N2O2. The predicted molar refractivity (Wildman–Crippen MR) is 65.5 cm³/mol. The molecule has 0 fully saturated rings. The van der Waals surface area contributed by atoms with Gasteiger partial charge in [-0.05, 0) is 25.1 Å². The van der Waals surface area contributed by atoms with Gasteiger partial charge in [-0.15, -0.1) is 0 Å². The summed E-state index contributed by atoms with van der Waals surface area (Å²) in [5.74, 6) is -1.12. The number of carbonyl (C=O) groups excluding carboxylic acids is 1. The SMILES string of the molecule is CC(OCCC(=O)Nc1ccc(F)cc1N)C(F)(F)F. The fourth-order valence-electron chi connectivity index (χ4n) is 1.28. The molecule has 1 aromatic carbocycles. The highest BCUT2D eigenvalue weighted by atomic mass is 19.4. The molecule has 0 saturated carbocycles. The van der Waals surface area contributed by atoms with Crippen LogP contribution in [0.3, 0.4) is 0 Å². The Balaban J connectivity index is 2.41. The molecule has 1 atom stereocenters. The molecule has 3 N–H and O–H groups in total. The number of nitrogen functional groups attached to an aromatic ring is 1. The first-order chi connectivity index (χ1) is 9.20. The van der Waals surface area contributed by atoms with Gasteiger partial charge < -0.3 is 15.8 Å². The molecule has 0 aromatic heterocycles. The van der Waals surface area contributed by atoms with Crippen molar-refractivity contribution >= 4 is 17.3 Å². The second kappa shape index (κ2) is 6.56. The summed E-state index contributed by atoms with van der Waals surface area (Å²) in [6, 6.07) is 3.40. The number of nitrogens with one attached hydrogen (secondary N) is 1. The van der Waals surface area contributed by atoms with Crippen LogP contribution in [0.15, 0.2) is 18.2 Å². The summed E-state index contributed by atoms with van der Waals surface area (Å²) in [7, 11) is 0. The summed E-state index contributed by atoms with van der Waals surface area (Å²) in [5.41, 5.74) is 5.69. The van der Waals surface area contributed by atoms with Crippen LogP contribution in [0.1, 0.15) is 13.3 Å². The van der Waals surface area contributed by atoms with E-state index in [1.165, 1.54) is 6.07 Å². The Bertz CT molecular complexity index is 477. The van der Waals surface area contributed by atoms with E-state index in [1.54, 1.807) is 0 Å². The molecule has 0 saturated heterocycles. The lowest BCUT2D eigenvalue weighted by molar-refractivity contribution is -0.214. The highest BCUT2D eigenvalue weighted by Crippen LogP contribution is 2.22. The number of amides is 1. The summed E-state index contributed by atoms with van der Waals surface area (Å²) >= 11 is 0. The third kappa shape index (κ3) is 5.04. The Morgan fingerprint density at radius 3 is 2.65 bits per heavy atom. The Morgan fingerprint density at radius 1 is 1.45 bits per heavy atom. The standard InChI is InChI=1S/C12H14F4N2O2/c1-7(12(14,15)16)20-5-4-11(19)18-10-3-2-8(13)6-9(10)17/h2-3,6-7H,4-5,17H2,1H3,(H,18,19). The lowest BCUT2D eigenvalue weighted by atomic mass is 10.2. The third-order valence-electron chi connectivity index (χ3n) is 2.45. The van der Waals surface area contributed by atoms with E-state index in [0.29, 0.717) is 0 Å². The first kappa shape index (κ1) is 16.2. The van der Waals surface area contributed by atoms with Gasteiger partial charge in [-0.25, -0.2) is 4.39 Å². The maximum atomic E-state index is 12.8. The Morgan fingerprint density at radius 2 is 2.10 bits per heavy atom. The molecule has 0 aliphatic heterocycles. The Hall–Kier alpha value is -1.83. The molecule has 0 aliphatic rings. The van der Waals surface area contributed by atoms with Crippen molar-refractivity contribution in [3.05, 3.63) is 24.0 Å². The van der Waals surface area contributed by atoms with Crippen LogP contribution in [0, 0.1) is 5.82 Å². The van der Waals surface area contributed by atoms with Crippen molar-refractivity contribution in [2.75, 3.05) is 17.7 Å². The third-order valence-corrected chi connectivity index (χ3v) is 2.45. The largest absolute Gasteiger partial charge is 0.414 e. The van der Waals surface area contributed by atoms with E-state index < -0.39 is 24.0 Å². The van der Waals surface area contributed by atoms with E-state index in [4.69, 9.17) is 5.73 Å². The molecule has 112 valence electrons. The normalized spacial score (nSPS) is 13.1. The highest BCUT2D eigenvalue weighted by molar-refractivity contribution is 5.93. The van der Waals surface area contributed by atoms with Gasteiger partial charge in [0.1, 0.15) is 5.82 Å². The second-order valence-electron chi connectivity index (χ2n) is 4.08. The minimum atomic E-state index is -4.46. The number of anilines is 2. The Kier molecular flexibility index (Phi) is 5.32. The number of nitrogens with two attached hydrogens (primary N) is 1. The number of hydrogen-bond acceptors (Lipinski definition) is 3. The van der Waals surface area contributed by atoms with E-state index in [1.807, 2.05) is 0 Å². The molecule has 0 aliphatic carbocycles. The highest BCUT2D eigenvalue weighted by Gasteiger charge is 2.36. The van der Waals surface area contributed by atoms with Crippen molar-refractivity contribution in [3.63, 3.8) is 0 Å². The van der Waals surface area contributed by atoms with E-state index >= 15 is 0 Å². The number of halogens is 4. The van der Waals surface area contributed by atoms with E-state index in [2.05, 4.69) is 10.1 Å². The minimum Gasteiger partial charge on any atom is -0.397 e. The van der Waals surface area contributed by atoms with Gasteiger partial charge in [0.15, 0.2) is 6.10 Å². The van der Waals surface area contributed by atoms with Crippen LogP contribution >= 0.6 is 0 Å². The van der Waals surface area contributed by atoms with Gasteiger partial charge in [0.25, 0.3) is 0 Å². The van der Waals surface area contributed by atoms with Crippen LogP contribution in [0.25, 0.3) is 0 Å². The minimum absolute atomic E-state index is 0.0305. The molecule has 0 radical (unpaired) electrons. The summed E-state index contributed by atoms with van der Waals surface area (Å²) in [4.78, 5) is 11.5. The molecule has 0 heterocycles. The number of rotatable bonds is 5. The van der Waals surface area contributed by atoms with E-state index in [9.17, 15) is 22.4 Å². The number of alkyl halides is 3. The molecule has 0 spiro atoms. The number of hydrogen-bond donors (Lipinski definition) is 2. The van der Waals surface area contributed by atoms with Crippen molar-refractivity contribution in [2.45, 2.75) is 25.6 Å². The van der Waals surface area contributed by atoms with Gasteiger partial charge >= 0.3 is 6.18 Å². The van der Waals surface area contributed by atoms with Gasteiger partial charge in [0.2, 0.25) is 5.91 Å². The molecule has 1 rings (SSSR count). The molecular weight excluding hydrogens is 280 g/mol. The van der Waals surface area contributed by atoms with Crippen LogP contribution in [-0.2, 0) is 9.53 Å². The van der Waals surface area contributed by atoms with Crippen molar-refractivity contribution in [2.24, 2.45) is 0 Å². The average molecular weight is 294 g/mol. The maximum absolute atomic E-state index is 12.8. The number of carbonyl (C=O) groups is 1. The predicted octanol–water partition coefficient (Wildman–Crippen LogP) is 2.70. The zero-order valence-electron chi connectivity index (χ0n) is 10.6. The van der Waals surface area contributed by atoms with Gasteiger partial charge in [0, 0.05) is 0 Å². The fraction of sp³-hybridized carbons (Fsp3) is 0.417. The molecule has 0 bridgehead atoms. The van der Waals surface area contributed by atoms with Crippen LogP contribution < -0.4 is 11.1 Å². The van der Waals surface area contributed by atoms with Gasteiger partial charge in [-0.1, -0.05) is 0 Å². The van der Waals surface area contributed by atoms with Crippen LogP contribution in [0.4, 0.5) is 28.9 Å². The molecule has 8 heteroatoms. The van der Waals surface area contributed by atoms with Gasteiger partial charge in [-0.2, -0.15) is 13.2 Å². The zero-order valence-corrected chi connectivity index (χ0v) is 10.6. The first-order valence-electron chi connectivity index (χ1n) is 5.73. The quantitative estimate of drug-likeness (QED) is 0.648. The van der Waals surface area contributed by atoms with Crippen molar-refractivity contribution in [1.82, 2.24) is 0 Å². The maximum Gasteiger partial charge on any atom is 0.414 e. The average Bonchev–Trinajstić information content (AvgIpc) is 2.31. The molecule has 1 aromatic rings. The van der Waals surface area contributed by atoms with Crippen LogP contribution in [-0.4, -0.2) is 24.8 Å². The lowest BCUT2D eigenvalue weighted by Gasteiger charge is -2.16. The molecule has 1 amide bonds. The zero-order chi connectivity index (χ0) is 15.3. The summed E-state index contributed by atoms with van der Waals surface area (Å²) < 4.78 is 53.7. The lowest BCUT2D eigenvalue weighted by Crippen LogP contribution is -2.29. The summed E-state index contributed by atoms with van der Waals surface area (Å²) in [5, 5.41) is 2.36. The topological polar surface area (TPSA) is 64.3 Å². The van der Waals surface area contributed by atoms with E-state index in [-0.39, 0.29) is 24.4 Å². The number of ether oxygens (including phenoxy) is 1. The molecule has 4 nitrogen and oxygen atoms in total. The van der Waals surface area contributed by atoms with Crippen LogP contribution in [0.2, 0.25) is 0 Å². The fourth-order valence-corrected chi connectivity index (χ4v) is 1.28. The summed E-state index contributed by atoms with van der Waals surface area (Å²) in [6.45, 7) is 0.476. The Labute approximate surface area is 112 Å². The van der Waals surface area contributed by atoms with Gasteiger partial charge in [0.05, 0.1) is 24.4 Å². The first-order valence-corrected chi connectivity index (χ1v) is 5.73. The van der Waals surface area contributed by atoms with Crippen LogP contribution in [0.5, 0.6) is 0 Å². The monoisotopic (exact) mass is 294 g/mol. The second-order valence-corrected chi connectivity index (χ2v) is 4.08. The van der Waals surface area contributed by atoms with Crippen molar-refractivity contribution in [3.8, 4) is 0 Å². The molecule has 20 heavy (non-hydrogen) atoms.